The number of carbonyl (C=O) groups excluding carboxylic acids is 2. The average molecular weight is 493 g/mol. The Kier molecular flexibility index (Phi) is 7.49. The molecule has 2 aliphatic rings. The molecule has 0 spiro atoms. The van der Waals surface area contributed by atoms with Crippen LogP contribution in [0.4, 0.5) is 5.69 Å². The van der Waals surface area contributed by atoms with Crippen LogP contribution >= 0.6 is 42.4 Å². The van der Waals surface area contributed by atoms with Crippen LogP contribution in [-0.4, -0.2) is 25.0 Å². The minimum absolute atomic E-state index is 0.134. The summed E-state index contributed by atoms with van der Waals surface area (Å²) in [6.07, 6.45) is 4.23. The van der Waals surface area contributed by atoms with E-state index in [4.69, 9.17) is 43.9 Å². The van der Waals surface area contributed by atoms with E-state index in [2.05, 4.69) is 0 Å². The van der Waals surface area contributed by atoms with E-state index >= 15 is 0 Å². The highest BCUT2D eigenvalue weighted by Gasteiger charge is 2.40. The lowest BCUT2D eigenvalue weighted by molar-refractivity contribution is -0.120. The van der Waals surface area contributed by atoms with Gasteiger partial charge in [0.15, 0.2) is 0 Å². The lowest BCUT2D eigenvalue weighted by Crippen LogP contribution is -2.31. The van der Waals surface area contributed by atoms with Crippen molar-refractivity contribution in [2.24, 2.45) is 0 Å². The van der Waals surface area contributed by atoms with Gasteiger partial charge in [-0.25, -0.2) is 4.90 Å². The molecule has 6 nitrogen and oxygen atoms in total. The zero-order valence-corrected chi connectivity index (χ0v) is 19.7. The Hall–Kier alpha value is -1.14. The summed E-state index contributed by atoms with van der Waals surface area (Å²) in [6, 6.07) is 2.89. The maximum Gasteiger partial charge on any atom is 0.372 e. The Balaban J connectivity index is 2.02. The van der Waals surface area contributed by atoms with Gasteiger partial charge < -0.3 is 9.05 Å². The first kappa shape index (κ1) is 23.5. The second-order valence-electron chi connectivity index (χ2n) is 6.74. The van der Waals surface area contributed by atoms with Gasteiger partial charge in [0, 0.05) is 16.2 Å². The van der Waals surface area contributed by atoms with Crippen LogP contribution in [0.25, 0.3) is 6.08 Å². The Morgan fingerprint density at radius 1 is 1.03 bits per heavy atom. The Morgan fingerprint density at radius 3 is 2.07 bits per heavy atom. The monoisotopic (exact) mass is 491 g/mol. The third-order valence-electron chi connectivity index (χ3n) is 4.83. The van der Waals surface area contributed by atoms with Crippen molar-refractivity contribution in [2.45, 2.75) is 39.5 Å². The number of imide groups is 1. The Labute approximate surface area is 190 Å². The standard InChI is InChI=1S/C20H21Cl3NO5P/c1-3-28-30(27,29-4-2)18(23)10-12-9-17(16(22)11-15(12)21)24-19(25)13-7-5-6-8-14(13)20(24)26/h9-11H,3-8H2,1-2H3/b18-10+. The average Bonchev–Trinajstić information content (AvgIpc) is 2.95. The molecular formula is C20H21Cl3NO5P. The molecule has 1 heterocycles. The van der Waals surface area contributed by atoms with Crippen LogP contribution in [0.1, 0.15) is 45.1 Å². The molecule has 0 unspecified atom stereocenters. The van der Waals surface area contributed by atoms with Gasteiger partial charge in [0.25, 0.3) is 11.8 Å². The van der Waals surface area contributed by atoms with Gasteiger partial charge >= 0.3 is 7.60 Å². The lowest BCUT2D eigenvalue weighted by Gasteiger charge is -2.19. The molecule has 0 fully saturated rings. The summed E-state index contributed by atoms with van der Waals surface area (Å²) in [5, 5.41) is 0.353. The van der Waals surface area contributed by atoms with Crippen molar-refractivity contribution in [1.82, 2.24) is 0 Å². The first-order valence-corrected chi connectivity index (χ1v) is 12.3. The molecule has 162 valence electrons. The molecule has 1 aromatic carbocycles. The van der Waals surface area contributed by atoms with Crippen LogP contribution in [-0.2, 0) is 23.2 Å². The molecule has 3 rings (SSSR count). The predicted octanol–water partition coefficient (Wildman–Crippen LogP) is 6.54. The highest BCUT2D eigenvalue weighted by molar-refractivity contribution is 7.61. The predicted molar refractivity (Wildman–Crippen MR) is 119 cm³/mol. The number of hydrogen-bond acceptors (Lipinski definition) is 5. The van der Waals surface area contributed by atoms with Crippen LogP contribution in [0.2, 0.25) is 10.0 Å². The second-order valence-corrected chi connectivity index (χ2v) is 10.2. The maximum atomic E-state index is 12.9. The molecule has 0 radical (unpaired) electrons. The largest absolute Gasteiger partial charge is 0.372 e. The fourth-order valence-corrected chi connectivity index (χ4v) is 5.73. The molecule has 30 heavy (non-hydrogen) atoms. The van der Waals surface area contributed by atoms with E-state index < -0.39 is 7.60 Å². The van der Waals surface area contributed by atoms with E-state index in [1.165, 1.54) is 18.2 Å². The number of nitrogens with zero attached hydrogens (tertiary/aromatic N) is 1. The number of carbonyl (C=O) groups is 2. The number of anilines is 1. The summed E-state index contributed by atoms with van der Waals surface area (Å²) in [5.74, 6) is -0.733. The van der Waals surface area contributed by atoms with Gasteiger partial charge in [-0.1, -0.05) is 34.8 Å². The molecule has 0 N–H and O–H groups in total. The molecule has 0 bridgehead atoms. The van der Waals surface area contributed by atoms with Crippen LogP contribution in [0, 0.1) is 0 Å². The van der Waals surface area contributed by atoms with Gasteiger partial charge in [0.05, 0.1) is 23.9 Å². The number of amides is 2. The minimum atomic E-state index is -3.71. The topological polar surface area (TPSA) is 72.9 Å². The van der Waals surface area contributed by atoms with Crippen molar-refractivity contribution in [3.63, 3.8) is 0 Å². The zero-order chi connectivity index (χ0) is 22.1. The van der Waals surface area contributed by atoms with E-state index in [9.17, 15) is 14.2 Å². The number of benzene rings is 1. The third kappa shape index (κ3) is 4.40. The lowest BCUT2D eigenvalue weighted by atomic mass is 9.93. The minimum Gasteiger partial charge on any atom is -0.305 e. The normalized spacial score (nSPS) is 17.8. The van der Waals surface area contributed by atoms with Gasteiger partial charge in [0.2, 0.25) is 0 Å². The molecule has 10 heteroatoms. The van der Waals surface area contributed by atoms with Crippen molar-refractivity contribution in [1.29, 1.82) is 0 Å². The van der Waals surface area contributed by atoms with E-state index in [0.717, 1.165) is 17.7 Å². The van der Waals surface area contributed by atoms with Crippen molar-refractivity contribution in [3.05, 3.63) is 43.7 Å². The third-order valence-corrected chi connectivity index (χ3v) is 8.04. The summed E-state index contributed by atoms with van der Waals surface area (Å²) in [4.78, 5) is 26.8. The molecule has 0 saturated carbocycles. The van der Waals surface area contributed by atoms with Crippen molar-refractivity contribution in [3.8, 4) is 0 Å². The summed E-state index contributed by atoms with van der Waals surface area (Å²) in [6.45, 7) is 3.61. The van der Waals surface area contributed by atoms with Crippen LogP contribution in [0.3, 0.4) is 0 Å². The van der Waals surface area contributed by atoms with Crippen molar-refractivity contribution < 1.29 is 23.2 Å². The smallest absolute Gasteiger partial charge is 0.305 e. The van der Waals surface area contributed by atoms with Crippen molar-refractivity contribution >= 4 is 66.0 Å². The number of rotatable bonds is 7. The first-order valence-electron chi connectivity index (χ1n) is 9.60. The number of hydrogen-bond donors (Lipinski definition) is 0. The summed E-state index contributed by atoms with van der Waals surface area (Å²) < 4.78 is 23.2. The summed E-state index contributed by atoms with van der Waals surface area (Å²) >= 11 is 18.9. The summed E-state index contributed by atoms with van der Waals surface area (Å²) in [5.41, 5.74) is 1.61. The molecule has 1 aliphatic carbocycles. The van der Waals surface area contributed by atoms with Crippen LogP contribution < -0.4 is 4.90 Å². The molecule has 1 aliphatic heterocycles. The molecule has 1 aromatic rings. The fourth-order valence-electron chi connectivity index (χ4n) is 3.50. The van der Waals surface area contributed by atoms with E-state index in [0.29, 0.717) is 29.6 Å². The van der Waals surface area contributed by atoms with Gasteiger partial charge in [0.1, 0.15) is 4.77 Å². The number of halogens is 3. The molecule has 0 aromatic heterocycles. The van der Waals surface area contributed by atoms with Gasteiger partial charge in [-0.05, 0) is 63.3 Å². The van der Waals surface area contributed by atoms with E-state index in [1.54, 1.807) is 13.8 Å². The maximum absolute atomic E-state index is 12.9. The van der Waals surface area contributed by atoms with Gasteiger partial charge in [-0.15, -0.1) is 0 Å². The van der Waals surface area contributed by atoms with Crippen LogP contribution in [0.5, 0.6) is 0 Å². The quantitative estimate of drug-likeness (QED) is 0.319. The Morgan fingerprint density at radius 2 is 1.57 bits per heavy atom. The fraction of sp³-hybridized carbons (Fsp3) is 0.400. The van der Waals surface area contributed by atoms with Crippen molar-refractivity contribution in [2.75, 3.05) is 18.1 Å². The molecule has 0 atom stereocenters. The van der Waals surface area contributed by atoms with E-state index in [1.807, 2.05) is 0 Å². The van der Waals surface area contributed by atoms with Gasteiger partial charge in [-0.3, -0.25) is 14.2 Å². The highest BCUT2D eigenvalue weighted by atomic mass is 35.5. The first-order chi connectivity index (χ1) is 14.2. The Bertz CT molecular complexity index is 966. The molecular weight excluding hydrogens is 472 g/mol. The molecule has 2 amide bonds. The van der Waals surface area contributed by atoms with Gasteiger partial charge in [-0.2, -0.15) is 0 Å². The summed E-state index contributed by atoms with van der Waals surface area (Å²) in [7, 11) is -3.71. The zero-order valence-electron chi connectivity index (χ0n) is 16.5. The van der Waals surface area contributed by atoms with E-state index in [-0.39, 0.29) is 45.5 Å². The second kappa shape index (κ2) is 9.56. The SMILES string of the molecule is CCOP(=O)(OCC)/C(Cl)=C/c1cc(N2C(=O)C3=C(CCCC3)C2=O)c(Cl)cc1Cl. The highest BCUT2D eigenvalue weighted by Crippen LogP contribution is 2.58. The molecule has 0 saturated heterocycles. The van der Waals surface area contributed by atoms with Crippen LogP contribution in [0.15, 0.2) is 28.1 Å².